The first-order valence-corrected chi connectivity index (χ1v) is 5.39. The van der Waals surface area contributed by atoms with Crippen LogP contribution in [-0.2, 0) is 0 Å². The number of nitrogens with zero attached hydrogens (tertiary/aromatic N) is 2. The summed E-state index contributed by atoms with van der Waals surface area (Å²) in [5.74, 6) is 0. The monoisotopic (exact) mass is 244 g/mol. The van der Waals surface area contributed by atoms with Gasteiger partial charge < -0.3 is 0 Å². The zero-order chi connectivity index (χ0) is 6.81. The zero-order valence-electron chi connectivity index (χ0n) is 5.16. The summed E-state index contributed by atoms with van der Waals surface area (Å²) in [6.45, 7) is 0. The number of aromatic nitrogens is 2. The van der Waals surface area contributed by atoms with Gasteiger partial charge in [-0.25, -0.2) is 0 Å². The van der Waals surface area contributed by atoms with Crippen LogP contribution in [-0.4, -0.2) is 14.2 Å². The molecule has 0 aromatic carbocycles. The summed E-state index contributed by atoms with van der Waals surface area (Å²) in [5, 5.41) is 7.76. The van der Waals surface area contributed by atoms with E-state index < -0.39 is 0 Å². The summed E-state index contributed by atoms with van der Waals surface area (Å²) in [7, 11) is 0. The molecule has 0 aliphatic carbocycles. The summed E-state index contributed by atoms with van der Waals surface area (Å²) >= 11 is 0.152. The molecule has 0 unspecified atom stereocenters. The third kappa shape index (κ3) is 1.01. The van der Waals surface area contributed by atoms with Crippen LogP contribution in [0.25, 0.3) is 6.08 Å². The number of hydrogen-bond acceptors (Lipinski definition) is 2. The lowest BCUT2D eigenvalue weighted by molar-refractivity contribution is 1.01. The smallest absolute Gasteiger partial charge is 0.0938 e. The van der Waals surface area contributed by atoms with Crippen molar-refractivity contribution in [2.24, 2.45) is 0 Å². The molecule has 0 saturated carbocycles. The Morgan fingerprint density at radius 2 is 2.40 bits per heavy atom. The van der Waals surface area contributed by atoms with E-state index in [0.717, 1.165) is 5.69 Å². The molecule has 2 nitrogen and oxygen atoms in total. The van der Waals surface area contributed by atoms with Crippen LogP contribution in [0.15, 0.2) is 16.3 Å². The fraction of sp³-hybridized carbons (Fsp3) is 0. The topological polar surface area (TPSA) is 25.8 Å². The van der Waals surface area contributed by atoms with E-state index in [4.69, 9.17) is 0 Å². The summed E-state index contributed by atoms with van der Waals surface area (Å²) < 4.78 is 4.44. The quantitative estimate of drug-likeness (QED) is 0.647. The molecule has 0 saturated heterocycles. The van der Waals surface area contributed by atoms with Crippen LogP contribution in [0.2, 0.25) is 0 Å². The third-order valence-corrected chi connectivity index (χ3v) is 3.06. The van der Waals surface area contributed by atoms with Gasteiger partial charge >= 0.3 is 0 Å². The highest BCUT2D eigenvalue weighted by Crippen LogP contribution is 2.15. The molecule has 0 amide bonds. The molecule has 2 heterocycles. The SMILES string of the molecule is C1=Cc2nnccc2C=I1. The normalized spacial score (nSPS) is 14.0. The van der Waals surface area contributed by atoms with Gasteiger partial charge in [0.25, 0.3) is 0 Å². The lowest BCUT2D eigenvalue weighted by Gasteiger charge is -1.98. The number of fused-ring (bicyclic) bond motifs is 1. The van der Waals surface area contributed by atoms with Crippen LogP contribution in [0.1, 0.15) is 11.3 Å². The molecular formula is C7H5IN2. The molecule has 1 aromatic heterocycles. The Labute approximate surface area is 68.7 Å². The lowest BCUT2D eigenvalue weighted by atomic mass is 10.2. The first-order chi connectivity index (χ1) is 4.97. The number of hydrogen-bond donors (Lipinski definition) is 0. The van der Waals surface area contributed by atoms with Crippen molar-refractivity contribution in [2.45, 2.75) is 0 Å². The van der Waals surface area contributed by atoms with Crippen molar-refractivity contribution in [1.29, 1.82) is 0 Å². The Hall–Kier alpha value is -0.580. The van der Waals surface area contributed by atoms with Crippen LogP contribution in [0.4, 0.5) is 0 Å². The lowest BCUT2D eigenvalue weighted by Crippen LogP contribution is -1.93. The average Bonchev–Trinajstić information content (AvgIpc) is 2.05. The maximum atomic E-state index is 3.97. The standard InChI is InChI=1S/C7H5IN2/c1-3-8-5-6-2-4-9-10-7(1)6/h1-5H. The van der Waals surface area contributed by atoms with Crippen molar-refractivity contribution in [3.8, 4) is 0 Å². The van der Waals surface area contributed by atoms with Crippen molar-refractivity contribution in [3.63, 3.8) is 0 Å². The fourth-order valence-corrected chi connectivity index (χ4v) is 2.44. The third-order valence-electron chi connectivity index (χ3n) is 1.26. The summed E-state index contributed by atoms with van der Waals surface area (Å²) in [6.07, 6.45) is 3.79. The summed E-state index contributed by atoms with van der Waals surface area (Å²) in [5.41, 5.74) is 2.25. The van der Waals surface area contributed by atoms with Gasteiger partial charge in [-0.2, -0.15) is 10.2 Å². The maximum Gasteiger partial charge on any atom is 0.0938 e. The molecule has 2 rings (SSSR count). The minimum absolute atomic E-state index is 0.152. The molecule has 0 fully saturated rings. The molecule has 0 atom stereocenters. The second kappa shape index (κ2) is 2.57. The van der Waals surface area contributed by atoms with Crippen molar-refractivity contribution in [1.82, 2.24) is 10.2 Å². The van der Waals surface area contributed by atoms with Gasteiger partial charge in [0.1, 0.15) is 0 Å². The Balaban J connectivity index is 2.65. The van der Waals surface area contributed by atoms with Gasteiger partial charge in [-0.15, -0.1) is 0 Å². The van der Waals surface area contributed by atoms with E-state index >= 15 is 0 Å². The van der Waals surface area contributed by atoms with Gasteiger partial charge in [0, 0.05) is 5.56 Å². The van der Waals surface area contributed by atoms with Crippen molar-refractivity contribution in [2.75, 3.05) is 0 Å². The highest BCUT2D eigenvalue weighted by Gasteiger charge is 1.98. The largest absolute Gasteiger partial charge is 0.159 e. The molecule has 0 spiro atoms. The van der Waals surface area contributed by atoms with Gasteiger partial charge in [-0.1, -0.05) is 20.7 Å². The van der Waals surface area contributed by atoms with E-state index in [9.17, 15) is 0 Å². The van der Waals surface area contributed by atoms with E-state index in [1.807, 2.05) is 6.07 Å². The van der Waals surface area contributed by atoms with E-state index in [1.54, 1.807) is 6.20 Å². The Morgan fingerprint density at radius 1 is 1.40 bits per heavy atom. The molecule has 1 aromatic rings. The second-order valence-electron chi connectivity index (χ2n) is 1.90. The predicted octanol–water partition coefficient (Wildman–Crippen LogP) is 1.58. The first kappa shape index (κ1) is 6.15. The van der Waals surface area contributed by atoms with Crippen molar-refractivity contribution in [3.05, 3.63) is 27.6 Å². The highest BCUT2D eigenvalue weighted by molar-refractivity contribution is 14.2. The molecular weight excluding hydrogens is 239 g/mol. The van der Waals surface area contributed by atoms with Gasteiger partial charge in [0.15, 0.2) is 0 Å². The zero-order valence-corrected chi connectivity index (χ0v) is 7.32. The Kier molecular flexibility index (Phi) is 1.58. The Bertz CT molecular complexity index is 273. The summed E-state index contributed by atoms with van der Waals surface area (Å²) in [4.78, 5) is 0. The number of halogens is 1. The van der Waals surface area contributed by atoms with Crippen LogP contribution in [0.5, 0.6) is 0 Å². The van der Waals surface area contributed by atoms with Gasteiger partial charge in [-0.05, 0) is 20.2 Å². The number of rotatable bonds is 0. The molecule has 10 heavy (non-hydrogen) atoms. The fourth-order valence-electron chi connectivity index (χ4n) is 0.774. The average molecular weight is 244 g/mol. The van der Waals surface area contributed by atoms with E-state index in [1.165, 1.54) is 5.56 Å². The van der Waals surface area contributed by atoms with Crippen LogP contribution < -0.4 is 0 Å². The van der Waals surface area contributed by atoms with Gasteiger partial charge in [0.2, 0.25) is 0 Å². The van der Waals surface area contributed by atoms with Gasteiger partial charge in [0.05, 0.1) is 11.9 Å². The van der Waals surface area contributed by atoms with E-state index in [-0.39, 0.29) is 20.7 Å². The minimum Gasteiger partial charge on any atom is -0.159 e. The minimum atomic E-state index is 0.152. The van der Waals surface area contributed by atoms with Crippen LogP contribution >= 0.6 is 20.7 Å². The molecule has 1 aliphatic heterocycles. The van der Waals surface area contributed by atoms with E-state index in [0.29, 0.717) is 0 Å². The summed E-state index contributed by atoms with van der Waals surface area (Å²) in [6, 6.07) is 2.01. The van der Waals surface area contributed by atoms with Gasteiger partial charge in [-0.3, -0.25) is 0 Å². The molecule has 3 heteroatoms. The Morgan fingerprint density at radius 3 is 3.30 bits per heavy atom. The van der Waals surface area contributed by atoms with Crippen molar-refractivity contribution >= 4 is 30.8 Å². The second-order valence-corrected chi connectivity index (χ2v) is 3.96. The van der Waals surface area contributed by atoms with Crippen LogP contribution in [0.3, 0.4) is 0 Å². The van der Waals surface area contributed by atoms with Crippen molar-refractivity contribution < 1.29 is 0 Å². The molecule has 50 valence electrons. The maximum absolute atomic E-state index is 3.97. The van der Waals surface area contributed by atoms with Crippen LogP contribution in [0, 0.1) is 0 Å². The predicted molar refractivity (Wildman–Crippen MR) is 50.3 cm³/mol. The molecule has 0 bridgehead atoms. The molecule has 1 aliphatic rings. The first-order valence-electron chi connectivity index (χ1n) is 2.90. The molecule has 0 radical (unpaired) electrons. The highest BCUT2D eigenvalue weighted by atomic mass is 127. The molecule has 0 N–H and O–H groups in total. The van der Waals surface area contributed by atoms with E-state index in [2.05, 4.69) is 24.4 Å².